The van der Waals surface area contributed by atoms with E-state index in [1.165, 1.54) is 0 Å². The molecule has 8 nitrogen and oxygen atoms in total. The number of nitrogens with one attached hydrogen (secondary N) is 2. The maximum atomic E-state index is 13.0. The molecule has 2 aromatic carbocycles. The number of piperazine rings is 1. The summed E-state index contributed by atoms with van der Waals surface area (Å²) < 4.78 is 5.78. The molecule has 2 fully saturated rings. The normalized spacial score (nSPS) is 17.7. The lowest BCUT2D eigenvalue weighted by molar-refractivity contribution is -0.127. The highest BCUT2D eigenvalue weighted by Crippen LogP contribution is 2.31. The predicted molar refractivity (Wildman–Crippen MR) is 164 cm³/mol. The quantitative estimate of drug-likeness (QED) is 0.301. The summed E-state index contributed by atoms with van der Waals surface area (Å²) in [6.45, 7) is 10.2. The second-order valence-corrected chi connectivity index (χ2v) is 11.5. The number of carbonyl (C=O) groups is 2. The molecule has 0 aliphatic carbocycles. The largest absolute Gasteiger partial charge is 0.465 e. The molecule has 1 atom stereocenters. The van der Waals surface area contributed by atoms with Gasteiger partial charge in [0.1, 0.15) is 11.5 Å². The van der Waals surface area contributed by atoms with Crippen LogP contribution in [0, 0.1) is 6.92 Å². The minimum absolute atomic E-state index is 0.112. The summed E-state index contributed by atoms with van der Waals surface area (Å²) in [6.07, 6.45) is 2.32. The van der Waals surface area contributed by atoms with E-state index in [9.17, 15) is 9.59 Å². The van der Waals surface area contributed by atoms with Crippen molar-refractivity contribution in [2.75, 3.05) is 49.5 Å². The fraction of sp³-hybridized carbons (Fsp3) is 0.438. The number of furan rings is 1. The van der Waals surface area contributed by atoms with Crippen molar-refractivity contribution >= 4 is 34.8 Å². The van der Waals surface area contributed by atoms with Crippen LogP contribution < -0.4 is 15.5 Å². The van der Waals surface area contributed by atoms with Crippen molar-refractivity contribution in [3.8, 4) is 0 Å². The van der Waals surface area contributed by atoms with Gasteiger partial charge in [0.25, 0.3) is 5.91 Å². The van der Waals surface area contributed by atoms with E-state index in [2.05, 4.69) is 33.4 Å². The maximum Gasteiger partial charge on any atom is 0.251 e. The monoisotopic (exact) mass is 577 g/mol. The molecule has 1 aromatic heterocycles. The molecule has 218 valence electrons. The van der Waals surface area contributed by atoms with Gasteiger partial charge in [-0.2, -0.15) is 0 Å². The Morgan fingerprint density at radius 1 is 1.10 bits per heavy atom. The smallest absolute Gasteiger partial charge is 0.251 e. The number of nitrogens with zero attached hydrogens (tertiary/aromatic N) is 3. The third-order valence-corrected chi connectivity index (χ3v) is 8.38. The Labute approximate surface area is 247 Å². The second-order valence-electron chi connectivity index (χ2n) is 11.0. The van der Waals surface area contributed by atoms with Gasteiger partial charge in [-0.25, -0.2) is 0 Å². The van der Waals surface area contributed by atoms with E-state index in [-0.39, 0.29) is 11.8 Å². The number of rotatable bonds is 11. The van der Waals surface area contributed by atoms with Crippen molar-refractivity contribution in [2.45, 2.75) is 52.2 Å². The molecule has 0 spiro atoms. The van der Waals surface area contributed by atoms with Crippen molar-refractivity contribution < 1.29 is 14.0 Å². The van der Waals surface area contributed by atoms with Gasteiger partial charge in [-0.3, -0.25) is 14.5 Å². The number of benzene rings is 2. The van der Waals surface area contributed by atoms with Crippen LogP contribution in [-0.2, 0) is 17.9 Å². The van der Waals surface area contributed by atoms with E-state index in [0.29, 0.717) is 37.7 Å². The van der Waals surface area contributed by atoms with Gasteiger partial charge < -0.3 is 24.9 Å². The molecular formula is C32H40ClN5O3. The standard InChI is InChI=1S/C32H40ClN5O3/c1-23-21-38(18-17-37(23)22-26-7-3-4-8-28(26)33)30-13-11-25(19-29(30)35-20-27-12-10-24(2)41-27)32(40)34-14-6-16-36-15-5-9-31(36)39/h3-4,7-8,10-13,19,23,35H,5-6,9,14-18,20-22H2,1-2H3,(H,34,40)/t23-/m0/s1. The van der Waals surface area contributed by atoms with Crippen LogP contribution in [0.2, 0.25) is 5.02 Å². The molecule has 0 radical (unpaired) electrons. The lowest BCUT2D eigenvalue weighted by atomic mass is 10.1. The van der Waals surface area contributed by atoms with Crippen molar-refractivity contribution in [2.24, 2.45) is 0 Å². The Morgan fingerprint density at radius 3 is 2.68 bits per heavy atom. The Kier molecular flexibility index (Phi) is 9.52. The van der Waals surface area contributed by atoms with E-state index >= 15 is 0 Å². The zero-order valence-corrected chi connectivity index (χ0v) is 24.8. The fourth-order valence-corrected chi connectivity index (χ4v) is 5.86. The highest BCUT2D eigenvalue weighted by molar-refractivity contribution is 6.31. The van der Waals surface area contributed by atoms with Gasteiger partial charge in [0.2, 0.25) is 5.91 Å². The summed E-state index contributed by atoms with van der Waals surface area (Å²) in [6, 6.07) is 18.2. The molecule has 2 N–H and O–H groups in total. The van der Waals surface area contributed by atoms with Gasteiger partial charge in [-0.1, -0.05) is 29.8 Å². The van der Waals surface area contributed by atoms with Crippen LogP contribution in [-0.4, -0.2) is 66.9 Å². The lowest BCUT2D eigenvalue weighted by Gasteiger charge is -2.41. The number of anilines is 2. The summed E-state index contributed by atoms with van der Waals surface area (Å²) >= 11 is 6.44. The van der Waals surface area contributed by atoms with E-state index in [4.69, 9.17) is 16.0 Å². The fourth-order valence-electron chi connectivity index (χ4n) is 5.67. The number of aryl methyl sites for hydroxylation is 1. The van der Waals surface area contributed by atoms with Crippen LogP contribution in [0.4, 0.5) is 11.4 Å². The van der Waals surface area contributed by atoms with Crippen LogP contribution >= 0.6 is 11.6 Å². The van der Waals surface area contributed by atoms with Gasteiger partial charge in [-0.05, 0) is 68.7 Å². The van der Waals surface area contributed by atoms with Crippen molar-refractivity contribution in [1.82, 2.24) is 15.1 Å². The van der Waals surface area contributed by atoms with E-state index in [1.807, 2.05) is 60.4 Å². The first-order valence-electron chi connectivity index (χ1n) is 14.6. The van der Waals surface area contributed by atoms with Gasteiger partial charge in [0.15, 0.2) is 0 Å². The topological polar surface area (TPSA) is 81.1 Å². The highest BCUT2D eigenvalue weighted by atomic mass is 35.5. The molecule has 2 amide bonds. The Bertz CT molecular complexity index is 1360. The minimum atomic E-state index is -0.112. The van der Waals surface area contributed by atoms with Gasteiger partial charge in [-0.15, -0.1) is 0 Å². The Hall–Kier alpha value is -3.49. The minimum Gasteiger partial charge on any atom is -0.465 e. The summed E-state index contributed by atoms with van der Waals surface area (Å²) in [5.41, 5.74) is 3.73. The summed E-state index contributed by atoms with van der Waals surface area (Å²) in [7, 11) is 0. The lowest BCUT2D eigenvalue weighted by Crippen LogP contribution is -2.51. The number of hydrogen-bond acceptors (Lipinski definition) is 6. The Morgan fingerprint density at radius 2 is 1.95 bits per heavy atom. The molecule has 0 unspecified atom stereocenters. The molecule has 2 saturated heterocycles. The zero-order chi connectivity index (χ0) is 28.8. The van der Waals surface area contributed by atoms with E-state index in [0.717, 1.165) is 79.0 Å². The molecule has 0 bridgehead atoms. The Balaban J connectivity index is 1.25. The second kappa shape index (κ2) is 13.4. The average Bonchev–Trinajstić information content (AvgIpc) is 3.58. The SMILES string of the molecule is Cc1ccc(CNc2cc(C(=O)NCCCN3CCCC3=O)ccc2N2CCN(Cc3ccccc3Cl)[C@@H](C)C2)o1. The first-order valence-corrected chi connectivity index (χ1v) is 15.0. The summed E-state index contributed by atoms with van der Waals surface area (Å²) in [4.78, 5) is 31.6. The third kappa shape index (κ3) is 7.43. The third-order valence-electron chi connectivity index (χ3n) is 8.01. The molecule has 2 aliphatic rings. The van der Waals surface area contributed by atoms with Crippen LogP contribution in [0.3, 0.4) is 0 Å². The first-order chi connectivity index (χ1) is 19.9. The van der Waals surface area contributed by atoms with Crippen LogP contribution in [0.25, 0.3) is 0 Å². The first kappa shape index (κ1) is 29.0. The van der Waals surface area contributed by atoms with Crippen LogP contribution in [0.1, 0.15) is 53.6 Å². The number of halogens is 1. The zero-order valence-electron chi connectivity index (χ0n) is 24.0. The molecule has 41 heavy (non-hydrogen) atoms. The van der Waals surface area contributed by atoms with Gasteiger partial charge >= 0.3 is 0 Å². The maximum absolute atomic E-state index is 13.0. The average molecular weight is 578 g/mol. The van der Waals surface area contributed by atoms with E-state index in [1.54, 1.807) is 0 Å². The van der Waals surface area contributed by atoms with Crippen LogP contribution in [0.15, 0.2) is 59.0 Å². The van der Waals surface area contributed by atoms with Crippen LogP contribution in [0.5, 0.6) is 0 Å². The molecule has 0 saturated carbocycles. The number of likely N-dealkylation sites (tertiary alicyclic amines) is 1. The van der Waals surface area contributed by atoms with Gasteiger partial charge in [0, 0.05) is 68.9 Å². The molecule has 3 heterocycles. The molecule has 2 aliphatic heterocycles. The number of hydrogen-bond donors (Lipinski definition) is 2. The number of carbonyl (C=O) groups excluding carboxylic acids is 2. The van der Waals surface area contributed by atoms with E-state index < -0.39 is 0 Å². The summed E-state index contributed by atoms with van der Waals surface area (Å²) in [5, 5.41) is 7.36. The highest BCUT2D eigenvalue weighted by Gasteiger charge is 2.26. The molecule has 5 rings (SSSR count). The predicted octanol–water partition coefficient (Wildman–Crippen LogP) is 5.31. The van der Waals surface area contributed by atoms with Crippen molar-refractivity contribution in [3.63, 3.8) is 0 Å². The molecule has 3 aromatic rings. The number of amides is 2. The van der Waals surface area contributed by atoms with Crippen molar-refractivity contribution in [3.05, 3.63) is 82.3 Å². The molecule has 9 heteroatoms. The van der Waals surface area contributed by atoms with Crippen molar-refractivity contribution in [1.29, 1.82) is 0 Å². The van der Waals surface area contributed by atoms with Gasteiger partial charge in [0.05, 0.1) is 17.9 Å². The summed E-state index contributed by atoms with van der Waals surface area (Å²) in [5.74, 6) is 1.82. The molecular weight excluding hydrogens is 538 g/mol.